The largest absolute Gasteiger partial charge is 0.293 e. The van der Waals surface area contributed by atoms with Gasteiger partial charge in [-0.3, -0.25) is 4.79 Å². The van der Waals surface area contributed by atoms with Crippen molar-refractivity contribution in [3.8, 4) is 0 Å². The summed E-state index contributed by atoms with van der Waals surface area (Å²) in [4.78, 5) is 11.5. The average Bonchev–Trinajstić information content (AvgIpc) is 2.27. The zero-order valence-corrected chi connectivity index (χ0v) is 10.0. The third-order valence-electron chi connectivity index (χ3n) is 2.44. The van der Waals surface area contributed by atoms with Gasteiger partial charge in [0.15, 0.2) is 5.78 Å². The predicted octanol–water partition coefficient (Wildman–Crippen LogP) is 3.73. The van der Waals surface area contributed by atoms with Crippen LogP contribution in [0, 0.1) is 6.92 Å². The Balaban J connectivity index is 2.57. The van der Waals surface area contributed by atoms with Crippen LogP contribution in [-0.4, -0.2) is 11.1 Å². The maximum atomic E-state index is 11.5. The van der Waals surface area contributed by atoms with E-state index in [4.69, 9.17) is 0 Å². The summed E-state index contributed by atoms with van der Waals surface area (Å²) >= 11 is 3.18. The van der Waals surface area contributed by atoms with Crippen molar-refractivity contribution in [2.45, 2.75) is 6.92 Å². The second kappa shape index (κ2) is 4.15. The minimum atomic E-state index is 0.123. The molecule has 0 bridgehead atoms. The molecule has 2 heteroatoms. The quantitative estimate of drug-likeness (QED) is 0.596. The minimum absolute atomic E-state index is 0.123. The molecule has 1 nitrogen and oxygen atoms in total. The van der Waals surface area contributed by atoms with Crippen LogP contribution in [-0.2, 0) is 0 Å². The van der Waals surface area contributed by atoms with Crippen LogP contribution < -0.4 is 0 Å². The maximum absolute atomic E-state index is 11.5. The Hall–Kier alpha value is -1.15. The van der Waals surface area contributed by atoms with Gasteiger partial charge in [0.25, 0.3) is 0 Å². The molecule has 0 N–H and O–H groups in total. The highest BCUT2D eigenvalue weighted by atomic mass is 79.9. The highest BCUT2D eigenvalue weighted by Gasteiger charge is 2.04. The normalized spacial score (nSPS) is 10.5. The van der Waals surface area contributed by atoms with Gasteiger partial charge in [0, 0.05) is 5.56 Å². The lowest BCUT2D eigenvalue weighted by Gasteiger charge is -2.02. The molecule has 0 fully saturated rings. The van der Waals surface area contributed by atoms with E-state index in [1.807, 2.05) is 18.2 Å². The van der Waals surface area contributed by atoms with Crippen molar-refractivity contribution in [2.75, 3.05) is 5.33 Å². The Morgan fingerprint density at radius 2 is 1.80 bits per heavy atom. The molecule has 0 heterocycles. The highest BCUT2D eigenvalue weighted by Crippen LogP contribution is 2.18. The van der Waals surface area contributed by atoms with E-state index < -0.39 is 0 Å². The predicted molar refractivity (Wildman–Crippen MR) is 66.8 cm³/mol. The van der Waals surface area contributed by atoms with E-state index in [2.05, 4.69) is 41.1 Å². The molecule has 0 amide bonds. The van der Waals surface area contributed by atoms with Crippen LogP contribution in [0.15, 0.2) is 36.4 Å². The molecule has 0 spiro atoms. The van der Waals surface area contributed by atoms with E-state index in [9.17, 15) is 4.79 Å². The first kappa shape index (κ1) is 10.4. The first-order valence-electron chi connectivity index (χ1n) is 4.80. The van der Waals surface area contributed by atoms with Gasteiger partial charge in [-0.2, -0.15) is 0 Å². The summed E-state index contributed by atoms with van der Waals surface area (Å²) in [5, 5.41) is 2.68. The zero-order chi connectivity index (χ0) is 10.8. The molecule has 0 saturated heterocycles. The number of hydrogen-bond donors (Lipinski definition) is 0. The molecule has 0 aliphatic rings. The van der Waals surface area contributed by atoms with E-state index in [1.165, 1.54) is 10.9 Å². The summed E-state index contributed by atoms with van der Waals surface area (Å²) in [6.45, 7) is 2.07. The second-order valence-electron chi connectivity index (χ2n) is 3.62. The van der Waals surface area contributed by atoms with Crippen LogP contribution in [0.1, 0.15) is 15.9 Å². The summed E-state index contributed by atoms with van der Waals surface area (Å²) in [6, 6.07) is 12.1. The van der Waals surface area contributed by atoms with Crippen molar-refractivity contribution >= 4 is 32.5 Å². The lowest BCUT2D eigenvalue weighted by atomic mass is 10.0. The number of alkyl halides is 1. The fourth-order valence-corrected chi connectivity index (χ4v) is 1.94. The van der Waals surface area contributed by atoms with E-state index in [1.54, 1.807) is 0 Å². The van der Waals surface area contributed by atoms with Gasteiger partial charge < -0.3 is 0 Å². The van der Waals surface area contributed by atoms with Crippen molar-refractivity contribution in [2.24, 2.45) is 0 Å². The Kier molecular flexibility index (Phi) is 2.87. The number of fused-ring (bicyclic) bond motifs is 1. The smallest absolute Gasteiger partial charge is 0.173 e. The molecule has 0 aliphatic heterocycles. The molecular weight excluding hydrogens is 252 g/mol. The molecule has 0 saturated carbocycles. The van der Waals surface area contributed by atoms with Crippen LogP contribution in [0.25, 0.3) is 10.8 Å². The van der Waals surface area contributed by atoms with Crippen LogP contribution in [0.4, 0.5) is 0 Å². The fraction of sp³-hybridized carbons (Fsp3) is 0.154. The molecule has 2 aromatic carbocycles. The van der Waals surface area contributed by atoms with Crippen molar-refractivity contribution in [1.82, 2.24) is 0 Å². The van der Waals surface area contributed by atoms with E-state index >= 15 is 0 Å². The maximum Gasteiger partial charge on any atom is 0.173 e. The standard InChI is InChI=1S/C13H11BrO/c1-9-2-3-11-7-12(13(15)8-14)5-4-10(11)6-9/h2-7H,8H2,1H3. The number of carbonyl (C=O) groups is 1. The number of rotatable bonds is 2. The molecule has 0 aromatic heterocycles. The summed E-state index contributed by atoms with van der Waals surface area (Å²) in [5.74, 6) is 0.123. The molecule has 2 aromatic rings. The number of aryl methyl sites for hydroxylation is 1. The number of halogens is 1. The number of Topliss-reactive ketones (excluding diaryl/α,β-unsaturated/α-hetero) is 1. The number of carbonyl (C=O) groups excluding carboxylic acids is 1. The summed E-state index contributed by atoms with van der Waals surface area (Å²) in [6.07, 6.45) is 0. The first-order valence-corrected chi connectivity index (χ1v) is 5.92. The third kappa shape index (κ3) is 2.10. The minimum Gasteiger partial charge on any atom is -0.293 e. The Morgan fingerprint density at radius 1 is 1.13 bits per heavy atom. The van der Waals surface area contributed by atoms with Crippen molar-refractivity contribution in [3.63, 3.8) is 0 Å². The monoisotopic (exact) mass is 262 g/mol. The van der Waals surface area contributed by atoms with Gasteiger partial charge >= 0.3 is 0 Å². The summed E-state index contributed by atoms with van der Waals surface area (Å²) in [5.41, 5.74) is 2.00. The van der Waals surface area contributed by atoms with Crippen LogP contribution in [0.2, 0.25) is 0 Å². The van der Waals surface area contributed by atoms with Gasteiger partial charge in [0.05, 0.1) is 5.33 Å². The fourth-order valence-electron chi connectivity index (χ4n) is 1.62. The molecule has 15 heavy (non-hydrogen) atoms. The van der Waals surface area contributed by atoms with Crippen LogP contribution in [0.5, 0.6) is 0 Å². The van der Waals surface area contributed by atoms with Gasteiger partial charge in [-0.05, 0) is 23.8 Å². The van der Waals surface area contributed by atoms with Crippen molar-refractivity contribution < 1.29 is 4.79 Å². The van der Waals surface area contributed by atoms with Crippen LogP contribution in [0.3, 0.4) is 0 Å². The van der Waals surface area contributed by atoms with Gasteiger partial charge in [-0.15, -0.1) is 0 Å². The lowest BCUT2D eigenvalue weighted by Crippen LogP contribution is -1.99. The molecule has 0 unspecified atom stereocenters. The zero-order valence-electron chi connectivity index (χ0n) is 8.46. The number of benzene rings is 2. The second-order valence-corrected chi connectivity index (χ2v) is 4.18. The van der Waals surface area contributed by atoms with E-state index in [-0.39, 0.29) is 5.78 Å². The van der Waals surface area contributed by atoms with Gasteiger partial charge in [0.2, 0.25) is 0 Å². The Labute approximate surface area is 97.2 Å². The molecule has 0 atom stereocenters. The molecule has 76 valence electrons. The number of ketones is 1. The summed E-state index contributed by atoms with van der Waals surface area (Å²) < 4.78 is 0. The van der Waals surface area contributed by atoms with E-state index in [0.29, 0.717) is 5.33 Å². The topological polar surface area (TPSA) is 17.1 Å². The average molecular weight is 263 g/mol. The van der Waals surface area contributed by atoms with Gasteiger partial charge in [-0.1, -0.05) is 51.8 Å². The van der Waals surface area contributed by atoms with Gasteiger partial charge in [0.1, 0.15) is 0 Å². The van der Waals surface area contributed by atoms with Crippen LogP contribution >= 0.6 is 15.9 Å². The lowest BCUT2D eigenvalue weighted by molar-refractivity contribution is 0.102. The Bertz CT molecular complexity index is 517. The van der Waals surface area contributed by atoms with Crippen molar-refractivity contribution in [1.29, 1.82) is 0 Å². The molecule has 2 rings (SSSR count). The van der Waals surface area contributed by atoms with Crippen molar-refractivity contribution in [3.05, 3.63) is 47.5 Å². The highest BCUT2D eigenvalue weighted by molar-refractivity contribution is 9.09. The number of hydrogen-bond acceptors (Lipinski definition) is 1. The molecular formula is C13H11BrO. The SMILES string of the molecule is Cc1ccc2cc(C(=O)CBr)ccc2c1. The molecule has 0 radical (unpaired) electrons. The third-order valence-corrected chi connectivity index (χ3v) is 2.95. The van der Waals surface area contributed by atoms with Gasteiger partial charge in [-0.25, -0.2) is 0 Å². The first-order chi connectivity index (χ1) is 7.20. The van der Waals surface area contributed by atoms with E-state index in [0.717, 1.165) is 10.9 Å². The Morgan fingerprint density at radius 3 is 2.53 bits per heavy atom. The summed E-state index contributed by atoms with van der Waals surface area (Å²) in [7, 11) is 0. The molecule has 0 aliphatic carbocycles.